The Kier molecular flexibility index (Phi) is 5.62. The smallest absolute Gasteiger partial charge is 0.272 e. The maximum atomic E-state index is 12.2. The lowest BCUT2D eigenvalue weighted by molar-refractivity contribution is -0.120. The third-order valence-electron chi connectivity index (χ3n) is 3.23. The van der Waals surface area contributed by atoms with Crippen LogP contribution in [0.3, 0.4) is 0 Å². The summed E-state index contributed by atoms with van der Waals surface area (Å²) < 4.78 is 29.3. The van der Waals surface area contributed by atoms with Crippen molar-refractivity contribution in [3.05, 3.63) is 23.9 Å². The Morgan fingerprint density at radius 3 is 3.09 bits per heavy atom. The molecule has 22 heavy (non-hydrogen) atoms. The van der Waals surface area contributed by atoms with Gasteiger partial charge in [-0.3, -0.25) is 9.59 Å². The van der Waals surface area contributed by atoms with Crippen molar-refractivity contribution in [2.24, 2.45) is 0 Å². The number of nitrogens with one attached hydrogen (secondary N) is 2. The highest BCUT2D eigenvalue weighted by Gasteiger charge is 2.21. The molecular weight excluding hydrogens is 296 g/mol. The monoisotopic (exact) mass is 313 g/mol. The fourth-order valence-electron chi connectivity index (χ4n) is 2.15. The number of aromatic nitrogens is 1. The van der Waals surface area contributed by atoms with Gasteiger partial charge in [-0.15, -0.1) is 0 Å². The van der Waals surface area contributed by atoms with Gasteiger partial charge in [0, 0.05) is 25.2 Å². The van der Waals surface area contributed by atoms with E-state index in [1.165, 1.54) is 18.3 Å². The van der Waals surface area contributed by atoms with Crippen molar-refractivity contribution in [3.63, 3.8) is 0 Å². The predicted molar refractivity (Wildman–Crippen MR) is 73.9 cm³/mol. The first-order valence-corrected chi connectivity index (χ1v) is 7.00. The van der Waals surface area contributed by atoms with Crippen molar-refractivity contribution < 1.29 is 23.1 Å². The van der Waals surface area contributed by atoms with Gasteiger partial charge in [0.25, 0.3) is 12.3 Å². The molecule has 1 fully saturated rings. The molecule has 0 aliphatic carbocycles. The van der Waals surface area contributed by atoms with Gasteiger partial charge >= 0.3 is 0 Å². The van der Waals surface area contributed by atoms with Crippen LogP contribution in [0.1, 0.15) is 29.6 Å². The Hall–Kier alpha value is -2.25. The molecule has 1 aromatic heterocycles. The van der Waals surface area contributed by atoms with E-state index in [4.69, 9.17) is 4.74 Å². The van der Waals surface area contributed by atoms with Crippen molar-refractivity contribution in [3.8, 4) is 5.88 Å². The minimum Gasteiger partial charge on any atom is -0.471 e. The van der Waals surface area contributed by atoms with Crippen molar-refractivity contribution in [1.82, 2.24) is 15.6 Å². The Morgan fingerprint density at radius 2 is 2.32 bits per heavy atom. The summed E-state index contributed by atoms with van der Waals surface area (Å²) in [5.41, 5.74) is 0.103. The van der Waals surface area contributed by atoms with Gasteiger partial charge in [-0.2, -0.15) is 0 Å². The fraction of sp³-hybridized carbons (Fsp3) is 0.500. The topological polar surface area (TPSA) is 80.3 Å². The standard InChI is InChI=1S/C14H17F2N3O3/c15-11(16)8-22-14-10(2-1-6-18-14)13(21)19-9-3-4-12(20)17-7-5-9/h1-2,6,9,11H,3-5,7-8H2,(H,17,20)(H,19,21). The van der Waals surface area contributed by atoms with Crippen LogP contribution < -0.4 is 15.4 Å². The molecule has 8 heteroatoms. The Bertz CT molecular complexity index is 540. The number of carbonyl (C=O) groups is 2. The van der Waals surface area contributed by atoms with Gasteiger partial charge in [-0.25, -0.2) is 13.8 Å². The van der Waals surface area contributed by atoms with Gasteiger partial charge in [0.15, 0.2) is 6.61 Å². The molecule has 2 rings (SSSR count). The van der Waals surface area contributed by atoms with Crippen LogP contribution in [0, 0.1) is 0 Å². The van der Waals surface area contributed by atoms with Gasteiger partial charge in [-0.1, -0.05) is 0 Å². The number of hydrogen-bond donors (Lipinski definition) is 2. The summed E-state index contributed by atoms with van der Waals surface area (Å²) in [6, 6.07) is 2.83. The number of rotatable bonds is 5. The summed E-state index contributed by atoms with van der Waals surface area (Å²) in [4.78, 5) is 27.3. The number of carbonyl (C=O) groups excluding carboxylic acids is 2. The molecule has 1 atom stereocenters. The predicted octanol–water partition coefficient (Wildman–Crippen LogP) is 1.12. The average molecular weight is 313 g/mol. The number of halogens is 2. The highest BCUT2D eigenvalue weighted by molar-refractivity contribution is 5.96. The van der Waals surface area contributed by atoms with E-state index in [1.807, 2.05) is 0 Å². The normalized spacial score (nSPS) is 18.5. The molecule has 1 unspecified atom stereocenters. The number of nitrogens with zero attached hydrogens (tertiary/aromatic N) is 1. The first-order valence-electron chi connectivity index (χ1n) is 7.00. The number of pyridine rings is 1. The maximum Gasteiger partial charge on any atom is 0.272 e. The third-order valence-corrected chi connectivity index (χ3v) is 3.23. The van der Waals surface area contributed by atoms with Crippen LogP contribution in [-0.4, -0.2) is 42.4 Å². The molecule has 1 aromatic rings. The number of alkyl halides is 2. The molecule has 6 nitrogen and oxygen atoms in total. The molecule has 0 aromatic carbocycles. The highest BCUT2D eigenvalue weighted by Crippen LogP contribution is 2.16. The molecule has 120 valence electrons. The van der Waals surface area contributed by atoms with Crippen LogP contribution in [0.5, 0.6) is 5.88 Å². The van der Waals surface area contributed by atoms with Crippen molar-refractivity contribution in [1.29, 1.82) is 0 Å². The molecular formula is C14H17F2N3O3. The van der Waals surface area contributed by atoms with Gasteiger partial charge in [0.1, 0.15) is 5.56 Å². The first-order chi connectivity index (χ1) is 10.6. The second kappa shape index (κ2) is 7.67. The fourth-order valence-corrected chi connectivity index (χ4v) is 2.15. The zero-order valence-corrected chi connectivity index (χ0v) is 11.9. The third kappa shape index (κ3) is 4.64. The van der Waals surface area contributed by atoms with E-state index >= 15 is 0 Å². The summed E-state index contributed by atoms with van der Waals surface area (Å²) in [6.07, 6.45) is 0.214. The summed E-state index contributed by atoms with van der Waals surface area (Å²) in [7, 11) is 0. The van der Waals surface area contributed by atoms with Gasteiger partial charge in [0.2, 0.25) is 11.8 Å². The van der Waals surface area contributed by atoms with E-state index in [1.54, 1.807) is 0 Å². The summed E-state index contributed by atoms with van der Waals surface area (Å²) in [5, 5.41) is 5.51. The highest BCUT2D eigenvalue weighted by atomic mass is 19.3. The van der Waals surface area contributed by atoms with E-state index in [9.17, 15) is 18.4 Å². The molecule has 1 aliphatic rings. The zero-order valence-electron chi connectivity index (χ0n) is 11.9. The van der Waals surface area contributed by atoms with Crippen molar-refractivity contribution in [2.45, 2.75) is 31.7 Å². The number of ether oxygens (including phenoxy) is 1. The van der Waals surface area contributed by atoms with E-state index in [0.29, 0.717) is 25.8 Å². The Balaban J connectivity index is 2.01. The molecule has 2 heterocycles. The van der Waals surface area contributed by atoms with E-state index in [0.717, 1.165) is 0 Å². The largest absolute Gasteiger partial charge is 0.471 e. The van der Waals surface area contributed by atoms with Gasteiger partial charge < -0.3 is 15.4 Å². The van der Waals surface area contributed by atoms with Crippen molar-refractivity contribution >= 4 is 11.8 Å². The van der Waals surface area contributed by atoms with Crippen molar-refractivity contribution in [2.75, 3.05) is 13.2 Å². The van der Waals surface area contributed by atoms with Crippen LogP contribution in [0.25, 0.3) is 0 Å². The van der Waals surface area contributed by atoms with Crippen LogP contribution in [0.4, 0.5) is 8.78 Å². The first kappa shape index (κ1) is 16.1. The molecule has 0 spiro atoms. The van der Waals surface area contributed by atoms with E-state index < -0.39 is 18.9 Å². The van der Waals surface area contributed by atoms with Crippen LogP contribution in [0.2, 0.25) is 0 Å². The molecule has 0 radical (unpaired) electrons. The summed E-state index contributed by atoms with van der Waals surface area (Å²) >= 11 is 0. The molecule has 1 saturated heterocycles. The molecule has 0 bridgehead atoms. The number of hydrogen-bond acceptors (Lipinski definition) is 4. The number of amides is 2. The minimum atomic E-state index is -2.64. The van der Waals surface area contributed by atoms with E-state index in [2.05, 4.69) is 15.6 Å². The van der Waals surface area contributed by atoms with Crippen LogP contribution in [-0.2, 0) is 4.79 Å². The second-order valence-corrected chi connectivity index (χ2v) is 4.91. The average Bonchev–Trinajstić information content (AvgIpc) is 2.70. The summed E-state index contributed by atoms with van der Waals surface area (Å²) in [5.74, 6) is -0.612. The summed E-state index contributed by atoms with van der Waals surface area (Å²) in [6.45, 7) is -0.329. The van der Waals surface area contributed by atoms with Crippen LogP contribution >= 0.6 is 0 Å². The minimum absolute atomic E-state index is 0.0425. The lowest BCUT2D eigenvalue weighted by Crippen LogP contribution is -2.35. The van der Waals surface area contributed by atoms with Gasteiger partial charge in [0.05, 0.1) is 0 Å². The zero-order chi connectivity index (χ0) is 15.9. The van der Waals surface area contributed by atoms with Gasteiger partial charge in [-0.05, 0) is 25.0 Å². The lowest BCUT2D eigenvalue weighted by Gasteiger charge is -2.16. The van der Waals surface area contributed by atoms with E-state index in [-0.39, 0.29) is 23.4 Å². The Labute approximate surface area is 126 Å². The van der Waals surface area contributed by atoms with Crippen LogP contribution in [0.15, 0.2) is 18.3 Å². The second-order valence-electron chi connectivity index (χ2n) is 4.91. The molecule has 2 amide bonds. The SMILES string of the molecule is O=C1CCC(NC(=O)c2cccnc2OCC(F)F)CCN1. The lowest BCUT2D eigenvalue weighted by atomic mass is 10.1. The Morgan fingerprint density at radius 1 is 1.50 bits per heavy atom. The molecule has 1 aliphatic heterocycles. The molecule has 2 N–H and O–H groups in total. The quantitative estimate of drug-likeness (QED) is 0.854. The molecule has 0 saturated carbocycles. The maximum absolute atomic E-state index is 12.2.